The standard InChI is InChI=1S/C30H41NO10/c1-35-30-26(33)9-8-24-27(34)21-28(41-29(24)30)23-6-4-22(5-7-23)25(32)3-2-11-36-13-15-38-17-19-40-20-18-39-16-14-37-12-10-31/h4-9,28,33H,2-3,10-21,31H2,1H3. The Labute approximate surface area is 240 Å². The lowest BCUT2D eigenvalue weighted by molar-refractivity contribution is -0.0106. The van der Waals surface area contributed by atoms with Crippen LogP contribution >= 0.6 is 0 Å². The minimum atomic E-state index is -0.539. The minimum absolute atomic E-state index is 0.0122. The Kier molecular flexibility index (Phi) is 14.6. The maximum atomic E-state index is 12.7. The van der Waals surface area contributed by atoms with Crippen molar-refractivity contribution < 1.29 is 47.9 Å². The summed E-state index contributed by atoms with van der Waals surface area (Å²) < 4.78 is 38.3. The molecule has 0 radical (unpaired) electrons. The fourth-order valence-corrected chi connectivity index (χ4v) is 4.16. The second kappa shape index (κ2) is 18.4. The third kappa shape index (κ3) is 10.7. The summed E-state index contributed by atoms with van der Waals surface area (Å²) in [6.45, 7) is 5.41. The molecule has 0 aliphatic carbocycles. The molecule has 0 bridgehead atoms. The van der Waals surface area contributed by atoms with Gasteiger partial charge in [0.15, 0.2) is 23.1 Å². The molecule has 41 heavy (non-hydrogen) atoms. The van der Waals surface area contributed by atoms with Crippen molar-refractivity contribution in [3.63, 3.8) is 0 Å². The van der Waals surface area contributed by atoms with Crippen molar-refractivity contribution >= 4 is 11.6 Å². The van der Waals surface area contributed by atoms with Crippen molar-refractivity contribution in [1.29, 1.82) is 0 Å². The number of carbonyl (C=O) groups excluding carboxylic acids is 2. The summed E-state index contributed by atoms with van der Waals surface area (Å²) in [4.78, 5) is 25.2. The molecule has 11 nitrogen and oxygen atoms in total. The van der Waals surface area contributed by atoms with Crippen LogP contribution in [-0.4, -0.2) is 96.4 Å². The Morgan fingerprint density at radius 3 is 1.98 bits per heavy atom. The van der Waals surface area contributed by atoms with E-state index in [0.29, 0.717) is 96.6 Å². The lowest BCUT2D eigenvalue weighted by Crippen LogP contribution is -2.21. The maximum absolute atomic E-state index is 12.7. The molecule has 11 heteroatoms. The zero-order valence-electron chi connectivity index (χ0n) is 23.6. The van der Waals surface area contributed by atoms with Gasteiger partial charge >= 0.3 is 0 Å². The van der Waals surface area contributed by atoms with Crippen molar-refractivity contribution in [1.82, 2.24) is 0 Å². The highest BCUT2D eigenvalue weighted by atomic mass is 16.6. The van der Waals surface area contributed by atoms with Gasteiger partial charge in [-0.2, -0.15) is 0 Å². The molecule has 1 atom stereocenters. The largest absolute Gasteiger partial charge is 0.504 e. The van der Waals surface area contributed by atoms with Crippen molar-refractivity contribution in [2.75, 3.05) is 79.7 Å². The molecule has 226 valence electrons. The number of aromatic hydroxyl groups is 1. The van der Waals surface area contributed by atoms with E-state index < -0.39 is 6.10 Å². The zero-order chi connectivity index (χ0) is 29.3. The first kappa shape index (κ1) is 32.5. The van der Waals surface area contributed by atoms with Gasteiger partial charge in [-0.15, -0.1) is 0 Å². The van der Waals surface area contributed by atoms with E-state index >= 15 is 0 Å². The van der Waals surface area contributed by atoms with Gasteiger partial charge in [-0.05, 0) is 24.1 Å². The average Bonchev–Trinajstić information content (AvgIpc) is 2.98. The molecule has 1 aliphatic rings. The van der Waals surface area contributed by atoms with Gasteiger partial charge in [-0.1, -0.05) is 24.3 Å². The molecule has 0 amide bonds. The zero-order valence-corrected chi connectivity index (χ0v) is 23.6. The molecular formula is C30H41NO10. The predicted octanol–water partition coefficient (Wildman–Crippen LogP) is 3.11. The number of hydrogen-bond donors (Lipinski definition) is 2. The van der Waals surface area contributed by atoms with Crippen LogP contribution < -0.4 is 15.2 Å². The number of ether oxygens (including phenoxy) is 7. The molecular weight excluding hydrogens is 534 g/mol. The number of Topliss-reactive ketones (excluding diaryl/α,β-unsaturated/α-hetero) is 2. The Morgan fingerprint density at radius 1 is 0.854 bits per heavy atom. The number of nitrogens with two attached hydrogens (primary N) is 1. The number of benzene rings is 2. The summed E-state index contributed by atoms with van der Waals surface area (Å²) in [6, 6.07) is 10.00. The summed E-state index contributed by atoms with van der Waals surface area (Å²) >= 11 is 0. The molecule has 3 N–H and O–H groups in total. The van der Waals surface area contributed by atoms with Crippen LogP contribution in [0.15, 0.2) is 36.4 Å². The smallest absolute Gasteiger partial charge is 0.203 e. The number of ketones is 2. The van der Waals surface area contributed by atoms with Gasteiger partial charge in [0.2, 0.25) is 5.75 Å². The molecule has 3 rings (SSSR count). The third-order valence-corrected chi connectivity index (χ3v) is 6.27. The van der Waals surface area contributed by atoms with Crippen LogP contribution in [-0.2, 0) is 23.7 Å². The van der Waals surface area contributed by atoms with Crippen LogP contribution in [0.3, 0.4) is 0 Å². The highest BCUT2D eigenvalue weighted by molar-refractivity contribution is 6.01. The maximum Gasteiger partial charge on any atom is 0.203 e. The van der Waals surface area contributed by atoms with Crippen LogP contribution in [0.25, 0.3) is 0 Å². The number of rotatable bonds is 21. The highest BCUT2D eigenvalue weighted by Crippen LogP contribution is 2.45. The molecule has 1 unspecified atom stereocenters. The normalized spacial score (nSPS) is 14.5. The third-order valence-electron chi connectivity index (χ3n) is 6.27. The summed E-state index contributed by atoms with van der Waals surface area (Å²) in [5.74, 6) is 0.179. The van der Waals surface area contributed by atoms with Crippen molar-refractivity contribution in [3.8, 4) is 17.2 Å². The van der Waals surface area contributed by atoms with Crippen LogP contribution in [0, 0.1) is 0 Å². The van der Waals surface area contributed by atoms with Gasteiger partial charge in [-0.25, -0.2) is 0 Å². The Bertz CT molecular complexity index is 1080. The molecule has 0 aromatic heterocycles. The molecule has 1 aliphatic heterocycles. The van der Waals surface area contributed by atoms with Crippen LogP contribution in [0.1, 0.15) is 51.6 Å². The predicted molar refractivity (Wildman–Crippen MR) is 150 cm³/mol. The first-order valence-corrected chi connectivity index (χ1v) is 13.9. The minimum Gasteiger partial charge on any atom is -0.504 e. The Hall–Kier alpha value is -3.06. The van der Waals surface area contributed by atoms with E-state index in [1.165, 1.54) is 19.2 Å². The van der Waals surface area contributed by atoms with Gasteiger partial charge in [0, 0.05) is 25.1 Å². The molecule has 2 aromatic rings. The lowest BCUT2D eigenvalue weighted by Gasteiger charge is -2.27. The quantitative estimate of drug-likeness (QED) is 0.167. The monoisotopic (exact) mass is 575 g/mol. The van der Waals surface area contributed by atoms with E-state index in [9.17, 15) is 14.7 Å². The average molecular weight is 576 g/mol. The second-order valence-corrected chi connectivity index (χ2v) is 9.23. The molecule has 2 aromatic carbocycles. The van der Waals surface area contributed by atoms with Gasteiger partial charge in [0.05, 0.1) is 78.6 Å². The van der Waals surface area contributed by atoms with Crippen molar-refractivity contribution in [2.45, 2.75) is 25.4 Å². The summed E-state index contributed by atoms with van der Waals surface area (Å²) in [5.41, 5.74) is 7.05. The molecule has 1 heterocycles. The molecule has 0 saturated carbocycles. The van der Waals surface area contributed by atoms with Gasteiger partial charge in [0.1, 0.15) is 6.10 Å². The van der Waals surface area contributed by atoms with E-state index in [4.69, 9.17) is 38.9 Å². The van der Waals surface area contributed by atoms with Gasteiger partial charge in [0.25, 0.3) is 0 Å². The van der Waals surface area contributed by atoms with Gasteiger partial charge in [-0.3, -0.25) is 9.59 Å². The van der Waals surface area contributed by atoms with Crippen LogP contribution in [0.2, 0.25) is 0 Å². The van der Waals surface area contributed by atoms with E-state index in [1.807, 2.05) is 0 Å². The van der Waals surface area contributed by atoms with Crippen LogP contribution in [0.4, 0.5) is 0 Å². The first-order valence-electron chi connectivity index (χ1n) is 13.9. The van der Waals surface area contributed by atoms with E-state index in [0.717, 1.165) is 5.56 Å². The first-order chi connectivity index (χ1) is 20.0. The second-order valence-electron chi connectivity index (χ2n) is 9.23. The fourth-order valence-electron chi connectivity index (χ4n) is 4.16. The fraction of sp³-hybridized carbons (Fsp3) is 0.533. The summed E-state index contributed by atoms with van der Waals surface area (Å²) in [6.07, 6.45) is 0.575. The van der Waals surface area contributed by atoms with Crippen molar-refractivity contribution in [3.05, 3.63) is 53.1 Å². The lowest BCUT2D eigenvalue weighted by atomic mass is 9.94. The van der Waals surface area contributed by atoms with Crippen molar-refractivity contribution in [2.24, 2.45) is 5.73 Å². The number of carbonyl (C=O) groups is 2. The molecule has 0 saturated heterocycles. The SMILES string of the molecule is COc1c(O)ccc2c1OC(c1ccc(C(=O)CCCOCCOCCOCCOCCOCCN)cc1)CC2=O. The number of fused-ring (bicyclic) bond motifs is 1. The van der Waals surface area contributed by atoms with E-state index in [2.05, 4.69) is 0 Å². The Morgan fingerprint density at radius 2 is 1.41 bits per heavy atom. The van der Waals surface area contributed by atoms with Crippen LogP contribution in [0.5, 0.6) is 17.2 Å². The number of hydrogen-bond acceptors (Lipinski definition) is 11. The highest BCUT2D eigenvalue weighted by Gasteiger charge is 2.31. The number of phenolic OH excluding ortho intramolecular Hbond substituents is 1. The Balaban J connectivity index is 1.24. The topological polar surface area (TPSA) is 145 Å². The van der Waals surface area contributed by atoms with Gasteiger partial charge < -0.3 is 44.0 Å². The van der Waals surface area contributed by atoms with E-state index in [-0.39, 0.29) is 35.2 Å². The summed E-state index contributed by atoms with van der Waals surface area (Å²) in [7, 11) is 1.41. The summed E-state index contributed by atoms with van der Waals surface area (Å²) in [5, 5.41) is 10.0. The molecule has 0 fully saturated rings. The number of phenols is 1. The molecule has 0 spiro atoms. The number of methoxy groups -OCH3 is 1. The van der Waals surface area contributed by atoms with E-state index in [1.54, 1.807) is 24.3 Å².